The number of ether oxygens (including phenoxy) is 3. The molecule has 4 heteroatoms. The minimum atomic E-state index is 0.0497. The average molecular weight is 252 g/mol. The zero-order valence-electron chi connectivity index (χ0n) is 10.5. The molecule has 0 spiro atoms. The Balaban J connectivity index is 2.01. The highest BCUT2D eigenvalue weighted by molar-refractivity contribution is 5.26. The van der Waals surface area contributed by atoms with Crippen LogP contribution in [0.2, 0.25) is 0 Å². The van der Waals surface area contributed by atoms with Crippen molar-refractivity contribution in [3.63, 3.8) is 0 Å². The lowest BCUT2D eigenvalue weighted by atomic mass is 10.2. The summed E-state index contributed by atoms with van der Waals surface area (Å²) in [5, 5.41) is 8.88. The van der Waals surface area contributed by atoms with Crippen molar-refractivity contribution in [3.8, 4) is 5.75 Å². The molecule has 1 N–H and O–H groups in total. The van der Waals surface area contributed by atoms with Crippen LogP contribution in [-0.2, 0) is 16.1 Å². The number of aliphatic hydroxyl groups is 1. The van der Waals surface area contributed by atoms with E-state index in [2.05, 4.69) is 6.58 Å². The van der Waals surface area contributed by atoms with Crippen molar-refractivity contribution in [2.75, 3.05) is 33.0 Å². The Hall–Kier alpha value is -1.36. The van der Waals surface area contributed by atoms with Gasteiger partial charge in [0.25, 0.3) is 0 Å². The molecular formula is C14H20O4. The Morgan fingerprint density at radius 2 is 1.67 bits per heavy atom. The van der Waals surface area contributed by atoms with E-state index in [1.165, 1.54) is 0 Å². The van der Waals surface area contributed by atoms with Crippen molar-refractivity contribution in [3.05, 3.63) is 42.5 Å². The van der Waals surface area contributed by atoms with Crippen molar-refractivity contribution in [2.45, 2.75) is 6.61 Å². The van der Waals surface area contributed by atoms with E-state index in [-0.39, 0.29) is 6.61 Å². The smallest absolute Gasteiger partial charge is 0.119 e. The van der Waals surface area contributed by atoms with E-state index in [4.69, 9.17) is 19.3 Å². The minimum Gasteiger partial charge on any atom is -0.491 e. The van der Waals surface area contributed by atoms with Crippen molar-refractivity contribution >= 4 is 0 Å². The highest BCUT2D eigenvalue weighted by Gasteiger charge is 1.95. The molecule has 1 rings (SSSR count). The summed E-state index contributed by atoms with van der Waals surface area (Å²) >= 11 is 0. The molecule has 100 valence electrons. The number of hydrogen-bond donors (Lipinski definition) is 1. The summed E-state index contributed by atoms with van der Waals surface area (Å²) in [4.78, 5) is 0. The summed E-state index contributed by atoms with van der Waals surface area (Å²) in [5.41, 5.74) is 0.873. The van der Waals surface area contributed by atoms with Gasteiger partial charge in [-0.2, -0.15) is 0 Å². The van der Waals surface area contributed by atoms with Crippen LogP contribution >= 0.6 is 0 Å². The molecule has 0 amide bonds. The van der Waals surface area contributed by atoms with Crippen LogP contribution < -0.4 is 4.74 Å². The van der Waals surface area contributed by atoms with Gasteiger partial charge in [-0.3, -0.25) is 0 Å². The maximum Gasteiger partial charge on any atom is 0.119 e. The number of rotatable bonds is 10. The maximum absolute atomic E-state index is 8.88. The third-order valence-electron chi connectivity index (χ3n) is 2.21. The van der Waals surface area contributed by atoms with Crippen LogP contribution in [0.3, 0.4) is 0 Å². The third kappa shape index (κ3) is 6.39. The van der Waals surface area contributed by atoms with E-state index in [9.17, 15) is 0 Å². The van der Waals surface area contributed by atoms with E-state index in [0.29, 0.717) is 33.0 Å². The van der Waals surface area contributed by atoms with Gasteiger partial charge >= 0.3 is 0 Å². The Labute approximate surface area is 108 Å². The third-order valence-corrected chi connectivity index (χ3v) is 2.21. The second-order valence-corrected chi connectivity index (χ2v) is 3.63. The molecule has 0 atom stereocenters. The van der Waals surface area contributed by atoms with E-state index in [1.807, 2.05) is 24.3 Å². The molecule has 4 nitrogen and oxygen atoms in total. The summed E-state index contributed by atoms with van der Waals surface area (Å²) in [6.07, 6.45) is 1.71. The predicted molar refractivity (Wildman–Crippen MR) is 69.7 cm³/mol. The Kier molecular flexibility index (Phi) is 7.88. The largest absolute Gasteiger partial charge is 0.491 e. The Morgan fingerprint density at radius 1 is 1.00 bits per heavy atom. The molecule has 0 unspecified atom stereocenters. The fourth-order valence-corrected chi connectivity index (χ4v) is 1.30. The van der Waals surface area contributed by atoms with Crippen molar-refractivity contribution in [2.24, 2.45) is 0 Å². The topological polar surface area (TPSA) is 47.9 Å². The maximum atomic E-state index is 8.88. The molecule has 0 heterocycles. The molecule has 18 heavy (non-hydrogen) atoms. The van der Waals surface area contributed by atoms with Gasteiger partial charge in [0.15, 0.2) is 0 Å². The minimum absolute atomic E-state index is 0.0497. The van der Waals surface area contributed by atoms with Crippen molar-refractivity contribution in [1.82, 2.24) is 0 Å². The summed E-state index contributed by atoms with van der Waals surface area (Å²) in [6.45, 7) is 6.30. The molecule has 0 bridgehead atoms. The Morgan fingerprint density at radius 3 is 2.33 bits per heavy atom. The highest BCUT2D eigenvalue weighted by Crippen LogP contribution is 2.11. The normalized spacial score (nSPS) is 10.3. The molecule has 0 saturated carbocycles. The summed E-state index contributed by atoms with van der Waals surface area (Å²) in [5.74, 6) is 0.777. The van der Waals surface area contributed by atoms with Gasteiger partial charge in [-0.25, -0.2) is 0 Å². The lowest BCUT2D eigenvalue weighted by Gasteiger charge is -2.07. The molecule has 0 aliphatic carbocycles. The fraction of sp³-hybridized carbons (Fsp3) is 0.429. The zero-order valence-corrected chi connectivity index (χ0v) is 10.5. The average Bonchev–Trinajstić information content (AvgIpc) is 2.42. The standard InChI is InChI=1S/C14H20O4/c1-2-7-16-8-9-17-10-11-18-14-5-3-13(12-15)4-6-14/h2-6,15H,1,7-12H2. The molecule has 1 aromatic rings. The molecule has 0 aliphatic rings. The van der Waals surface area contributed by atoms with Crippen LogP contribution in [0.1, 0.15) is 5.56 Å². The van der Waals surface area contributed by atoms with Crippen LogP contribution in [0.15, 0.2) is 36.9 Å². The number of aliphatic hydroxyl groups excluding tert-OH is 1. The van der Waals surface area contributed by atoms with Gasteiger partial charge in [0.05, 0.1) is 33.0 Å². The molecule has 0 aromatic heterocycles. The van der Waals surface area contributed by atoms with E-state index in [0.717, 1.165) is 11.3 Å². The predicted octanol–water partition coefficient (Wildman–Crippen LogP) is 1.78. The molecule has 0 saturated heterocycles. The van der Waals surface area contributed by atoms with Gasteiger partial charge in [0, 0.05) is 0 Å². The monoisotopic (exact) mass is 252 g/mol. The van der Waals surface area contributed by atoms with Gasteiger partial charge in [0.1, 0.15) is 12.4 Å². The first-order chi connectivity index (χ1) is 8.86. The van der Waals surface area contributed by atoms with Gasteiger partial charge < -0.3 is 19.3 Å². The van der Waals surface area contributed by atoms with Gasteiger partial charge in [-0.1, -0.05) is 18.2 Å². The van der Waals surface area contributed by atoms with E-state index < -0.39 is 0 Å². The first-order valence-corrected chi connectivity index (χ1v) is 5.96. The summed E-state index contributed by atoms with van der Waals surface area (Å²) in [7, 11) is 0. The summed E-state index contributed by atoms with van der Waals surface area (Å²) in [6, 6.07) is 7.33. The molecule has 0 fully saturated rings. The highest BCUT2D eigenvalue weighted by atomic mass is 16.5. The second-order valence-electron chi connectivity index (χ2n) is 3.63. The SMILES string of the molecule is C=CCOCCOCCOc1ccc(CO)cc1. The molecular weight excluding hydrogens is 232 g/mol. The first kappa shape index (κ1) is 14.7. The van der Waals surface area contributed by atoms with E-state index >= 15 is 0 Å². The van der Waals surface area contributed by atoms with Crippen LogP contribution in [0.5, 0.6) is 5.75 Å². The van der Waals surface area contributed by atoms with Gasteiger partial charge in [-0.05, 0) is 17.7 Å². The number of hydrogen-bond acceptors (Lipinski definition) is 4. The van der Waals surface area contributed by atoms with Crippen molar-refractivity contribution in [1.29, 1.82) is 0 Å². The van der Waals surface area contributed by atoms with Gasteiger partial charge in [0.2, 0.25) is 0 Å². The van der Waals surface area contributed by atoms with Crippen molar-refractivity contribution < 1.29 is 19.3 Å². The summed E-state index contributed by atoms with van der Waals surface area (Å²) < 4.78 is 16.0. The quantitative estimate of drug-likeness (QED) is 0.509. The second kappa shape index (κ2) is 9.65. The van der Waals surface area contributed by atoms with Crippen LogP contribution in [0.4, 0.5) is 0 Å². The lowest BCUT2D eigenvalue weighted by Crippen LogP contribution is -2.10. The van der Waals surface area contributed by atoms with Crippen LogP contribution in [-0.4, -0.2) is 38.1 Å². The van der Waals surface area contributed by atoms with Crippen LogP contribution in [0, 0.1) is 0 Å². The molecule has 0 aliphatic heterocycles. The lowest BCUT2D eigenvalue weighted by molar-refractivity contribution is 0.0449. The first-order valence-electron chi connectivity index (χ1n) is 5.96. The molecule has 0 radical (unpaired) electrons. The molecule has 1 aromatic carbocycles. The zero-order chi connectivity index (χ0) is 13.1. The van der Waals surface area contributed by atoms with E-state index in [1.54, 1.807) is 6.08 Å². The van der Waals surface area contributed by atoms with Crippen LogP contribution in [0.25, 0.3) is 0 Å². The van der Waals surface area contributed by atoms with Gasteiger partial charge in [-0.15, -0.1) is 6.58 Å². The fourth-order valence-electron chi connectivity index (χ4n) is 1.30. The Bertz CT molecular complexity index is 321. The number of benzene rings is 1.